The van der Waals surface area contributed by atoms with Crippen molar-refractivity contribution in [3.05, 3.63) is 44.0 Å². The molecule has 21 heavy (non-hydrogen) atoms. The smallest absolute Gasteiger partial charge is 0.400 e. The normalized spacial score (nSPS) is 11.2. The van der Waals surface area contributed by atoms with E-state index < -0.39 is 5.63 Å². The van der Waals surface area contributed by atoms with Gasteiger partial charge in [0, 0.05) is 17.5 Å². The molecule has 0 aliphatic heterocycles. The molecule has 108 valence electrons. The Morgan fingerprint density at radius 2 is 2.14 bits per heavy atom. The maximum absolute atomic E-state index is 12.4. The molecular weight excluding hydrogens is 296 g/mol. The molecule has 2 heterocycles. The van der Waals surface area contributed by atoms with Crippen molar-refractivity contribution in [1.82, 2.24) is 9.72 Å². The average molecular weight is 307 g/mol. The molecule has 0 aliphatic carbocycles. The van der Waals surface area contributed by atoms with Gasteiger partial charge in [-0.15, -0.1) is 0 Å². The van der Waals surface area contributed by atoms with Crippen LogP contribution in [0.1, 0.15) is 6.92 Å². The first-order valence-electron chi connectivity index (χ1n) is 6.29. The van der Waals surface area contributed by atoms with Gasteiger partial charge in [0.2, 0.25) is 5.75 Å². The molecule has 0 amide bonds. The zero-order valence-electron chi connectivity index (χ0n) is 11.3. The number of rotatable bonds is 2. The van der Waals surface area contributed by atoms with Gasteiger partial charge in [-0.05, 0) is 19.1 Å². The Bertz CT molecular complexity index is 975. The van der Waals surface area contributed by atoms with E-state index in [2.05, 4.69) is 9.68 Å². The minimum absolute atomic E-state index is 0.00692. The minimum Gasteiger partial charge on any atom is -0.486 e. The summed E-state index contributed by atoms with van der Waals surface area (Å²) in [5.74, 6) is -0.00692. The lowest BCUT2D eigenvalue weighted by Gasteiger charge is -2.10. The topological polar surface area (TPSA) is 74.3 Å². The van der Waals surface area contributed by atoms with Gasteiger partial charge in [0.1, 0.15) is 0 Å². The number of halogens is 1. The molecule has 0 spiro atoms. The van der Waals surface area contributed by atoms with E-state index in [1.165, 1.54) is 4.57 Å². The Morgan fingerprint density at radius 1 is 1.38 bits per heavy atom. The molecule has 0 saturated heterocycles. The number of nitrogens with zero attached hydrogens (tertiary/aromatic N) is 2. The van der Waals surface area contributed by atoms with Crippen LogP contribution in [-0.4, -0.2) is 16.3 Å². The number of hydrogen-bond acceptors (Lipinski definition) is 5. The molecule has 3 aromatic rings. The third-order valence-corrected chi connectivity index (χ3v) is 3.49. The molecule has 7 heteroatoms. The molecule has 0 aliphatic rings. The van der Waals surface area contributed by atoms with Crippen molar-refractivity contribution in [2.75, 3.05) is 6.61 Å². The summed E-state index contributed by atoms with van der Waals surface area (Å²) in [6, 6.07) is 5.06. The molecule has 0 N–H and O–H groups in total. The van der Waals surface area contributed by atoms with Crippen molar-refractivity contribution in [3.8, 4) is 5.75 Å². The lowest BCUT2D eigenvalue weighted by Crippen LogP contribution is -2.20. The van der Waals surface area contributed by atoms with Gasteiger partial charge in [-0.1, -0.05) is 22.8 Å². The summed E-state index contributed by atoms with van der Waals surface area (Å²) in [6.07, 6.45) is 0. The van der Waals surface area contributed by atoms with Gasteiger partial charge in [-0.3, -0.25) is 4.79 Å². The molecule has 3 rings (SSSR count). The van der Waals surface area contributed by atoms with Crippen LogP contribution in [0.3, 0.4) is 0 Å². The number of ether oxygens (including phenoxy) is 1. The molecular formula is C14H11ClN2O4. The predicted molar refractivity (Wildman–Crippen MR) is 79.2 cm³/mol. The monoisotopic (exact) mass is 306 g/mol. The summed E-state index contributed by atoms with van der Waals surface area (Å²) in [5, 5.41) is 5.12. The Morgan fingerprint density at radius 3 is 2.86 bits per heavy atom. The number of pyridine rings is 1. The fourth-order valence-electron chi connectivity index (χ4n) is 2.32. The SMILES string of the molecule is CCOc1c(=O)onc2c(=O)n(C)c3cc(Cl)ccc3c12. The van der Waals surface area contributed by atoms with Crippen molar-refractivity contribution in [2.24, 2.45) is 7.05 Å². The quantitative estimate of drug-likeness (QED) is 0.678. The van der Waals surface area contributed by atoms with Crippen LogP contribution in [0.4, 0.5) is 0 Å². The highest BCUT2D eigenvalue weighted by Crippen LogP contribution is 2.28. The Labute approximate surface area is 123 Å². The van der Waals surface area contributed by atoms with Crippen molar-refractivity contribution in [3.63, 3.8) is 0 Å². The van der Waals surface area contributed by atoms with Gasteiger partial charge in [0.25, 0.3) is 5.56 Å². The molecule has 0 saturated carbocycles. The minimum atomic E-state index is -0.714. The van der Waals surface area contributed by atoms with Crippen LogP contribution in [0.25, 0.3) is 21.8 Å². The van der Waals surface area contributed by atoms with E-state index >= 15 is 0 Å². The Balaban J connectivity index is 2.66. The zero-order valence-corrected chi connectivity index (χ0v) is 12.1. The van der Waals surface area contributed by atoms with Crippen molar-refractivity contribution in [1.29, 1.82) is 0 Å². The maximum Gasteiger partial charge on any atom is 0.400 e. The van der Waals surface area contributed by atoms with Crippen LogP contribution in [-0.2, 0) is 7.05 Å². The van der Waals surface area contributed by atoms with Crippen molar-refractivity contribution < 1.29 is 9.26 Å². The number of aromatic nitrogens is 2. The van der Waals surface area contributed by atoms with E-state index in [-0.39, 0.29) is 23.4 Å². The van der Waals surface area contributed by atoms with Crippen LogP contribution < -0.4 is 15.9 Å². The van der Waals surface area contributed by atoms with Gasteiger partial charge in [-0.2, -0.15) is 0 Å². The molecule has 0 unspecified atom stereocenters. The number of benzene rings is 1. The second kappa shape index (κ2) is 4.89. The van der Waals surface area contributed by atoms with Crippen LogP contribution in [0.5, 0.6) is 5.75 Å². The Hall–Kier alpha value is -2.34. The number of hydrogen-bond donors (Lipinski definition) is 0. The largest absolute Gasteiger partial charge is 0.486 e. The van der Waals surface area contributed by atoms with Crippen molar-refractivity contribution in [2.45, 2.75) is 6.92 Å². The van der Waals surface area contributed by atoms with Gasteiger partial charge in [0.05, 0.1) is 17.5 Å². The number of fused-ring (bicyclic) bond motifs is 3. The third-order valence-electron chi connectivity index (χ3n) is 3.26. The standard InChI is InChI=1S/C14H11ClN2O4/c1-3-20-12-10-8-5-4-7(15)6-9(8)17(2)13(18)11(10)16-21-14(12)19/h4-6H,3H2,1-2H3. The Kier molecular flexibility index (Phi) is 3.17. The van der Waals surface area contributed by atoms with E-state index in [4.69, 9.17) is 16.3 Å². The van der Waals surface area contributed by atoms with Crippen molar-refractivity contribution >= 4 is 33.4 Å². The molecule has 0 radical (unpaired) electrons. The zero-order chi connectivity index (χ0) is 15.1. The van der Waals surface area contributed by atoms with E-state index in [1.807, 2.05) is 0 Å². The molecule has 0 bridgehead atoms. The summed E-state index contributed by atoms with van der Waals surface area (Å²) in [7, 11) is 1.60. The molecule has 0 atom stereocenters. The van der Waals surface area contributed by atoms with Crippen LogP contribution in [0.2, 0.25) is 5.02 Å². The molecule has 6 nitrogen and oxygen atoms in total. The van der Waals surface area contributed by atoms with Crippen LogP contribution in [0, 0.1) is 0 Å². The fourth-order valence-corrected chi connectivity index (χ4v) is 2.48. The summed E-state index contributed by atoms with van der Waals surface area (Å²) >= 11 is 5.98. The second-order valence-electron chi connectivity index (χ2n) is 4.48. The maximum atomic E-state index is 12.4. The molecule has 0 fully saturated rings. The van der Waals surface area contributed by atoms with Crippen LogP contribution in [0.15, 0.2) is 32.3 Å². The third kappa shape index (κ3) is 1.99. The summed E-state index contributed by atoms with van der Waals surface area (Å²) < 4.78 is 11.4. The van der Waals surface area contributed by atoms with Crippen LogP contribution >= 0.6 is 11.6 Å². The summed E-state index contributed by atoms with van der Waals surface area (Å²) in [6.45, 7) is 2.01. The summed E-state index contributed by atoms with van der Waals surface area (Å²) in [4.78, 5) is 24.2. The molecule has 1 aromatic carbocycles. The number of aryl methyl sites for hydroxylation is 1. The first-order valence-corrected chi connectivity index (χ1v) is 6.67. The highest BCUT2D eigenvalue weighted by molar-refractivity contribution is 6.31. The van der Waals surface area contributed by atoms with E-state index in [0.717, 1.165) is 0 Å². The van der Waals surface area contributed by atoms with E-state index in [1.54, 1.807) is 32.2 Å². The first kappa shape index (κ1) is 13.6. The van der Waals surface area contributed by atoms with Gasteiger partial charge in [0.15, 0.2) is 5.52 Å². The van der Waals surface area contributed by atoms with E-state index in [0.29, 0.717) is 21.3 Å². The average Bonchev–Trinajstić information content (AvgIpc) is 2.47. The van der Waals surface area contributed by atoms with Gasteiger partial charge < -0.3 is 13.8 Å². The summed E-state index contributed by atoms with van der Waals surface area (Å²) in [5.41, 5.74) is -0.456. The highest BCUT2D eigenvalue weighted by Gasteiger charge is 2.18. The van der Waals surface area contributed by atoms with Gasteiger partial charge >= 0.3 is 5.63 Å². The predicted octanol–water partition coefficient (Wildman–Crippen LogP) is 2.09. The van der Waals surface area contributed by atoms with Gasteiger partial charge in [-0.25, -0.2) is 4.79 Å². The lowest BCUT2D eigenvalue weighted by molar-refractivity contribution is 0.299. The lowest BCUT2D eigenvalue weighted by atomic mass is 10.1. The van der Waals surface area contributed by atoms with E-state index in [9.17, 15) is 9.59 Å². The first-order chi connectivity index (χ1) is 10.0. The fraction of sp³-hybridized carbons (Fsp3) is 0.214. The highest BCUT2D eigenvalue weighted by atomic mass is 35.5. The second-order valence-corrected chi connectivity index (χ2v) is 4.92. The molecule has 2 aromatic heterocycles.